The van der Waals surface area contributed by atoms with E-state index in [-0.39, 0.29) is 0 Å². The minimum Gasteiger partial charge on any atom is -0.256 e. The average Bonchev–Trinajstić information content (AvgIpc) is 2.56. The van der Waals surface area contributed by atoms with Crippen LogP contribution in [0.25, 0.3) is 22.4 Å². The molecule has 0 aliphatic rings. The molecule has 0 unspecified atom stereocenters. The molecule has 1 nitrogen and oxygen atoms in total. The lowest BCUT2D eigenvalue weighted by Gasteiger charge is -2.15. The minimum absolute atomic E-state index is 0.504. The number of aryl methyl sites for hydroxylation is 1. The molecule has 2 aromatic carbocycles. The van der Waals surface area contributed by atoms with E-state index in [1.165, 1.54) is 22.3 Å². The molecule has 0 saturated heterocycles. The van der Waals surface area contributed by atoms with Crippen molar-refractivity contribution in [2.24, 2.45) is 0 Å². The van der Waals surface area contributed by atoms with Gasteiger partial charge in [-0.15, -0.1) is 0 Å². The molecule has 110 valence electrons. The summed E-state index contributed by atoms with van der Waals surface area (Å²) in [4.78, 5) is 4.61. The highest BCUT2D eigenvalue weighted by molar-refractivity contribution is 5.75. The van der Waals surface area contributed by atoms with E-state index in [1.807, 2.05) is 12.3 Å². The standard InChI is InChI=1S/C21H21N/c1-15(2)18-11-7-8-12-19(18)20-13-21(22-14-16(20)3)17-9-5-4-6-10-17/h4-15H,1-3H3. The Hall–Kier alpha value is -2.41. The van der Waals surface area contributed by atoms with Gasteiger partial charge in [0.2, 0.25) is 0 Å². The minimum atomic E-state index is 0.504. The Labute approximate surface area is 132 Å². The van der Waals surface area contributed by atoms with Crippen molar-refractivity contribution in [2.45, 2.75) is 26.7 Å². The molecule has 0 spiro atoms. The predicted molar refractivity (Wildman–Crippen MR) is 93.9 cm³/mol. The number of hydrogen-bond donors (Lipinski definition) is 0. The van der Waals surface area contributed by atoms with Crippen LogP contribution in [0.3, 0.4) is 0 Å². The predicted octanol–water partition coefficient (Wildman–Crippen LogP) is 5.85. The van der Waals surface area contributed by atoms with E-state index in [9.17, 15) is 0 Å². The molecule has 0 bridgehead atoms. The SMILES string of the molecule is Cc1cnc(-c2ccccc2)cc1-c1ccccc1C(C)C. The second kappa shape index (κ2) is 6.15. The van der Waals surface area contributed by atoms with Crippen molar-refractivity contribution in [1.29, 1.82) is 0 Å². The third-order valence-corrected chi connectivity index (χ3v) is 4.05. The van der Waals surface area contributed by atoms with Crippen molar-refractivity contribution in [3.05, 3.63) is 78.0 Å². The third kappa shape index (κ3) is 2.80. The van der Waals surface area contributed by atoms with Gasteiger partial charge in [0.25, 0.3) is 0 Å². The molecular weight excluding hydrogens is 266 g/mol. The van der Waals surface area contributed by atoms with E-state index in [0.717, 1.165) is 11.3 Å². The van der Waals surface area contributed by atoms with E-state index < -0.39 is 0 Å². The highest BCUT2D eigenvalue weighted by Crippen LogP contribution is 2.33. The highest BCUT2D eigenvalue weighted by atomic mass is 14.7. The summed E-state index contributed by atoms with van der Waals surface area (Å²) in [5, 5.41) is 0. The number of rotatable bonds is 3. The Bertz CT molecular complexity index is 773. The Kier molecular flexibility index (Phi) is 4.06. The second-order valence-corrected chi connectivity index (χ2v) is 5.99. The van der Waals surface area contributed by atoms with Crippen molar-refractivity contribution in [2.75, 3.05) is 0 Å². The first kappa shape index (κ1) is 14.5. The third-order valence-electron chi connectivity index (χ3n) is 4.05. The molecule has 0 aliphatic heterocycles. The van der Waals surface area contributed by atoms with Crippen LogP contribution < -0.4 is 0 Å². The van der Waals surface area contributed by atoms with Gasteiger partial charge in [-0.3, -0.25) is 4.98 Å². The zero-order chi connectivity index (χ0) is 15.5. The van der Waals surface area contributed by atoms with Crippen LogP contribution in [0.5, 0.6) is 0 Å². The lowest BCUT2D eigenvalue weighted by molar-refractivity contribution is 0.869. The number of pyridine rings is 1. The Morgan fingerprint density at radius 1 is 0.818 bits per heavy atom. The van der Waals surface area contributed by atoms with Crippen LogP contribution in [-0.2, 0) is 0 Å². The molecule has 3 rings (SSSR count). The summed E-state index contributed by atoms with van der Waals surface area (Å²) >= 11 is 0. The topological polar surface area (TPSA) is 12.9 Å². The smallest absolute Gasteiger partial charge is 0.0708 e. The van der Waals surface area contributed by atoms with Crippen molar-refractivity contribution >= 4 is 0 Å². The zero-order valence-electron chi connectivity index (χ0n) is 13.4. The summed E-state index contributed by atoms with van der Waals surface area (Å²) in [5.74, 6) is 0.504. The summed E-state index contributed by atoms with van der Waals surface area (Å²) in [5.41, 5.74) is 7.38. The first-order chi connectivity index (χ1) is 10.7. The van der Waals surface area contributed by atoms with E-state index in [0.29, 0.717) is 5.92 Å². The van der Waals surface area contributed by atoms with Gasteiger partial charge < -0.3 is 0 Å². The summed E-state index contributed by atoms with van der Waals surface area (Å²) < 4.78 is 0. The van der Waals surface area contributed by atoms with Crippen molar-refractivity contribution in [1.82, 2.24) is 4.98 Å². The number of benzene rings is 2. The Morgan fingerprint density at radius 2 is 1.50 bits per heavy atom. The van der Waals surface area contributed by atoms with Crippen LogP contribution in [0.1, 0.15) is 30.9 Å². The zero-order valence-corrected chi connectivity index (χ0v) is 13.4. The number of hydrogen-bond acceptors (Lipinski definition) is 1. The van der Waals surface area contributed by atoms with E-state index in [2.05, 4.69) is 80.4 Å². The lowest BCUT2D eigenvalue weighted by Crippen LogP contribution is -1.95. The monoisotopic (exact) mass is 287 g/mol. The van der Waals surface area contributed by atoms with Gasteiger partial charge in [-0.2, -0.15) is 0 Å². The molecule has 0 aliphatic carbocycles. The van der Waals surface area contributed by atoms with Gasteiger partial charge in [0, 0.05) is 11.8 Å². The molecule has 0 atom stereocenters. The maximum Gasteiger partial charge on any atom is 0.0708 e. The van der Waals surface area contributed by atoms with Crippen LogP contribution in [0, 0.1) is 6.92 Å². The van der Waals surface area contributed by atoms with Gasteiger partial charge in [-0.05, 0) is 41.2 Å². The normalized spacial score (nSPS) is 10.9. The number of aromatic nitrogens is 1. The van der Waals surface area contributed by atoms with E-state index >= 15 is 0 Å². The summed E-state index contributed by atoms with van der Waals surface area (Å²) in [6, 6.07) is 21.2. The summed E-state index contributed by atoms with van der Waals surface area (Å²) in [7, 11) is 0. The Balaban J connectivity index is 2.16. The molecule has 1 heterocycles. The number of nitrogens with zero attached hydrogens (tertiary/aromatic N) is 1. The van der Waals surface area contributed by atoms with Crippen LogP contribution in [0.15, 0.2) is 66.9 Å². The molecular formula is C21H21N. The molecule has 0 radical (unpaired) electrons. The Morgan fingerprint density at radius 3 is 2.23 bits per heavy atom. The molecule has 0 N–H and O–H groups in total. The van der Waals surface area contributed by atoms with Crippen LogP contribution in [-0.4, -0.2) is 4.98 Å². The van der Waals surface area contributed by atoms with Crippen LogP contribution in [0.2, 0.25) is 0 Å². The maximum atomic E-state index is 4.61. The largest absolute Gasteiger partial charge is 0.256 e. The van der Waals surface area contributed by atoms with E-state index in [4.69, 9.17) is 0 Å². The second-order valence-electron chi connectivity index (χ2n) is 5.99. The van der Waals surface area contributed by atoms with Crippen molar-refractivity contribution < 1.29 is 0 Å². The van der Waals surface area contributed by atoms with Gasteiger partial charge in [0.1, 0.15) is 0 Å². The molecule has 1 heteroatoms. The van der Waals surface area contributed by atoms with Crippen LogP contribution >= 0.6 is 0 Å². The first-order valence-electron chi connectivity index (χ1n) is 7.78. The van der Waals surface area contributed by atoms with Gasteiger partial charge in [0.05, 0.1) is 5.69 Å². The molecule has 22 heavy (non-hydrogen) atoms. The average molecular weight is 287 g/mol. The van der Waals surface area contributed by atoms with Gasteiger partial charge >= 0.3 is 0 Å². The van der Waals surface area contributed by atoms with Gasteiger partial charge in [-0.1, -0.05) is 68.4 Å². The molecule has 3 aromatic rings. The fraction of sp³-hybridized carbons (Fsp3) is 0.190. The molecule has 0 amide bonds. The lowest BCUT2D eigenvalue weighted by atomic mass is 9.90. The first-order valence-corrected chi connectivity index (χ1v) is 7.78. The quantitative estimate of drug-likeness (QED) is 0.589. The molecule has 0 fully saturated rings. The van der Waals surface area contributed by atoms with Crippen molar-refractivity contribution in [3.8, 4) is 22.4 Å². The molecule has 0 saturated carbocycles. The fourth-order valence-electron chi connectivity index (χ4n) is 2.83. The molecule has 1 aromatic heterocycles. The highest BCUT2D eigenvalue weighted by Gasteiger charge is 2.11. The summed E-state index contributed by atoms with van der Waals surface area (Å²) in [6.07, 6.45) is 1.98. The van der Waals surface area contributed by atoms with Gasteiger partial charge in [0.15, 0.2) is 0 Å². The van der Waals surface area contributed by atoms with Gasteiger partial charge in [-0.25, -0.2) is 0 Å². The summed E-state index contributed by atoms with van der Waals surface area (Å²) in [6.45, 7) is 6.62. The fourth-order valence-corrected chi connectivity index (χ4v) is 2.83. The van der Waals surface area contributed by atoms with E-state index in [1.54, 1.807) is 0 Å². The van der Waals surface area contributed by atoms with Crippen LogP contribution in [0.4, 0.5) is 0 Å². The maximum absolute atomic E-state index is 4.61. The van der Waals surface area contributed by atoms with Crippen molar-refractivity contribution in [3.63, 3.8) is 0 Å².